The van der Waals surface area contributed by atoms with Crippen LogP contribution in [0.3, 0.4) is 0 Å². The van der Waals surface area contributed by atoms with Crippen molar-refractivity contribution in [3.8, 4) is 17.0 Å². The molecule has 3 nitrogen and oxygen atoms in total. The van der Waals surface area contributed by atoms with Gasteiger partial charge in [-0.05, 0) is 42.8 Å². The number of aromatic nitrogens is 2. The Balaban J connectivity index is 2.22. The largest absolute Gasteiger partial charge is 0.496 e. The highest BCUT2D eigenvalue weighted by atomic mass is 35.5. The molecule has 0 bridgehead atoms. The van der Waals surface area contributed by atoms with Gasteiger partial charge in [0.1, 0.15) is 11.4 Å². The van der Waals surface area contributed by atoms with Crippen LogP contribution in [0.5, 0.6) is 5.75 Å². The first-order chi connectivity index (χ1) is 10.1. The number of hydrogen-bond donors (Lipinski definition) is 0. The Morgan fingerprint density at radius 2 is 2.05 bits per heavy atom. The van der Waals surface area contributed by atoms with Crippen LogP contribution in [0.25, 0.3) is 16.9 Å². The number of aryl methyl sites for hydroxylation is 1. The number of pyridine rings is 1. The highest BCUT2D eigenvalue weighted by Crippen LogP contribution is 2.30. The van der Waals surface area contributed by atoms with Crippen molar-refractivity contribution in [2.45, 2.75) is 12.8 Å². The second kappa shape index (κ2) is 5.58. The zero-order valence-corrected chi connectivity index (χ0v) is 13.2. The van der Waals surface area contributed by atoms with Gasteiger partial charge in [-0.25, -0.2) is 4.98 Å². The van der Waals surface area contributed by atoms with Crippen LogP contribution in [-0.2, 0) is 5.88 Å². The minimum absolute atomic E-state index is 0.363. The summed E-state index contributed by atoms with van der Waals surface area (Å²) in [5.74, 6) is 1.22. The SMILES string of the molecule is COc1ccc(-c2nc3ccc(Cl)cn3c2CCl)cc1C. The molecule has 0 amide bonds. The molecule has 21 heavy (non-hydrogen) atoms. The number of imidazole rings is 1. The molecule has 0 saturated heterocycles. The van der Waals surface area contributed by atoms with Gasteiger partial charge < -0.3 is 9.14 Å². The number of benzene rings is 1. The normalized spacial score (nSPS) is 11.0. The van der Waals surface area contributed by atoms with E-state index < -0.39 is 0 Å². The van der Waals surface area contributed by atoms with E-state index in [1.54, 1.807) is 7.11 Å². The molecule has 2 aromatic heterocycles. The summed E-state index contributed by atoms with van der Waals surface area (Å²) in [6, 6.07) is 9.70. The average molecular weight is 321 g/mol. The molecule has 5 heteroatoms. The summed E-state index contributed by atoms with van der Waals surface area (Å²) in [4.78, 5) is 4.67. The molecule has 0 aliphatic carbocycles. The van der Waals surface area contributed by atoms with Crippen LogP contribution in [0, 0.1) is 6.92 Å². The third-order valence-corrected chi connectivity index (χ3v) is 3.95. The second-order valence-electron chi connectivity index (χ2n) is 4.80. The molecular formula is C16H14Cl2N2O. The fourth-order valence-electron chi connectivity index (χ4n) is 2.45. The molecule has 2 heterocycles. The molecule has 0 spiro atoms. The van der Waals surface area contributed by atoms with Crippen molar-refractivity contribution in [3.05, 3.63) is 52.8 Å². The fourth-order valence-corrected chi connectivity index (χ4v) is 2.87. The second-order valence-corrected chi connectivity index (χ2v) is 5.50. The van der Waals surface area contributed by atoms with Gasteiger partial charge in [0.05, 0.1) is 29.4 Å². The Kier molecular flexibility index (Phi) is 3.79. The van der Waals surface area contributed by atoms with Crippen molar-refractivity contribution >= 4 is 28.8 Å². The van der Waals surface area contributed by atoms with Gasteiger partial charge in [0, 0.05) is 11.8 Å². The van der Waals surface area contributed by atoms with Crippen LogP contribution < -0.4 is 4.74 Å². The van der Waals surface area contributed by atoms with Crippen LogP contribution in [0.2, 0.25) is 5.02 Å². The van der Waals surface area contributed by atoms with Gasteiger partial charge in [0.15, 0.2) is 0 Å². The predicted octanol–water partition coefficient (Wildman–Crippen LogP) is 4.71. The Bertz CT molecular complexity index is 811. The standard InChI is InChI=1S/C16H14Cl2N2O/c1-10-7-11(3-5-14(10)21-2)16-13(8-17)20-9-12(18)4-6-15(20)19-16/h3-7,9H,8H2,1-2H3. The van der Waals surface area contributed by atoms with E-state index in [0.29, 0.717) is 10.9 Å². The molecule has 0 aliphatic heterocycles. The van der Waals surface area contributed by atoms with E-state index >= 15 is 0 Å². The highest BCUT2D eigenvalue weighted by Gasteiger charge is 2.14. The van der Waals surface area contributed by atoms with Gasteiger partial charge in [0.25, 0.3) is 0 Å². The Labute approximate surface area is 133 Å². The van der Waals surface area contributed by atoms with Crippen molar-refractivity contribution in [1.29, 1.82) is 0 Å². The molecular weight excluding hydrogens is 307 g/mol. The van der Waals surface area contributed by atoms with Crippen molar-refractivity contribution in [2.24, 2.45) is 0 Å². The summed E-state index contributed by atoms with van der Waals surface area (Å²) in [6.07, 6.45) is 1.83. The van der Waals surface area contributed by atoms with Crippen molar-refractivity contribution < 1.29 is 4.74 Å². The number of methoxy groups -OCH3 is 1. The molecule has 108 valence electrons. The summed E-state index contributed by atoms with van der Waals surface area (Å²) in [5, 5.41) is 0.656. The van der Waals surface area contributed by atoms with Crippen molar-refractivity contribution in [1.82, 2.24) is 9.38 Å². The summed E-state index contributed by atoms with van der Waals surface area (Å²) >= 11 is 12.2. The quantitative estimate of drug-likeness (QED) is 0.653. The van der Waals surface area contributed by atoms with Crippen molar-refractivity contribution in [3.63, 3.8) is 0 Å². The molecule has 1 aromatic carbocycles. The lowest BCUT2D eigenvalue weighted by Crippen LogP contribution is -1.92. The summed E-state index contributed by atoms with van der Waals surface area (Å²) in [7, 11) is 1.67. The first kappa shape index (κ1) is 14.2. The van der Waals surface area contributed by atoms with E-state index in [9.17, 15) is 0 Å². The van der Waals surface area contributed by atoms with E-state index in [-0.39, 0.29) is 0 Å². The molecule has 0 fully saturated rings. The minimum atomic E-state index is 0.363. The number of nitrogens with zero attached hydrogens (tertiary/aromatic N) is 2. The summed E-state index contributed by atoms with van der Waals surface area (Å²) < 4.78 is 7.23. The van der Waals surface area contributed by atoms with Crippen LogP contribution >= 0.6 is 23.2 Å². The van der Waals surface area contributed by atoms with E-state index in [1.807, 2.05) is 41.8 Å². The van der Waals surface area contributed by atoms with Crippen LogP contribution in [0.4, 0.5) is 0 Å². The van der Waals surface area contributed by atoms with E-state index in [4.69, 9.17) is 27.9 Å². The van der Waals surface area contributed by atoms with E-state index in [1.165, 1.54) is 0 Å². The van der Waals surface area contributed by atoms with Gasteiger partial charge in [-0.3, -0.25) is 0 Å². The lowest BCUT2D eigenvalue weighted by atomic mass is 10.1. The molecule has 0 radical (unpaired) electrons. The van der Waals surface area contributed by atoms with Gasteiger partial charge in [-0.2, -0.15) is 0 Å². The zero-order valence-electron chi connectivity index (χ0n) is 11.7. The maximum Gasteiger partial charge on any atom is 0.137 e. The molecule has 0 unspecified atom stereocenters. The zero-order chi connectivity index (χ0) is 15.0. The topological polar surface area (TPSA) is 26.5 Å². The highest BCUT2D eigenvalue weighted by molar-refractivity contribution is 6.30. The van der Waals surface area contributed by atoms with E-state index in [2.05, 4.69) is 11.1 Å². The minimum Gasteiger partial charge on any atom is -0.496 e. The Morgan fingerprint density at radius 3 is 2.71 bits per heavy atom. The number of halogens is 2. The number of fused-ring (bicyclic) bond motifs is 1. The monoisotopic (exact) mass is 320 g/mol. The third kappa shape index (κ3) is 2.47. The molecule has 0 N–H and O–H groups in total. The average Bonchev–Trinajstić information content (AvgIpc) is 2.84. The third-order valence-electron chi connectivity index (χ3n) is 3.48. The Hall–Kier alpha value is -1.71. The fraction of sp³-hybridized carbons (Fsp3) is 0.188. The lowest BCUT2D eigenvalue weighted by Gasteiger charge is -2.07. The van der Waals surface area contributed by atoms with Gasteiger partial charge in [-0.15, -0.1) is 11.6 Å². The molecule has 0 saturated carbocycles. The van der Waals surface area contributed by atoms with Gasteiger partial charge >= 0.3 is 0 Å². The smallest absolute Gasteiger partial charge is 0.137 e. The van der Waals surface area contributed by atoms with E-state index in [0.717, 1.165) is 33.9 Å². The van der Waals surface area contributed by atoms with Crippen LogP contribution in [-0.4, -0.2) is 16.5 Å². The molecule has 3 aromatic rings. The lowest BCUT2D eigenvalue weighted by molar-refractivity contribution is 0.412. The maximum atomic E-state index is 6.12. The molecule has 3 rings (SSSR count). The van der Waals surface area contributed by atoms with Crippen LogP contribution in [0.1, 0.15) is 11.3 Å². The number of hydrogen-bond acceptors (Lipinski definition) is 2. The predicted molar refractivity (Wildman–Crippen MR) is 86.5 cm³/mol. The van der Waals surface area contributed by atoms with Gasteiger partial charge in [-0.1, -0.05) is 11.6 Å². The first-order valence-electron chi connectivity index (χ1n) is 6.51. The summed E-state index contributed by atoms with van der Waals surface area (Å²) in [6.45, 7) is 2.01. The number of alkyl halides is 1. The molecule has 0 aliphatic rings. The van der Waals surface area contributed by atoms with Gasteiger partial charge in [0.2, 0.25) is 0 Å². The Morgan fingerprint density at radius 1 is 1.24 bits per heavy atom. The van der Waals surface area contributed by atoms with Crippen molar-refractivity contribution in [2.75, 3.05) is 7.11 Å². The first-order valence-corrected chi connectivity index (χ1v) is 7.42. The number of ether oxygens (including phenoxy) is 1. The number of rotatable bonds is 3. The summed E-state index contributed by atoms with van der Waals surface area (Å²) in [5.41, 5.74) is 4.71. The molecule has 0 atom stereocenters. The maximum absolute atomic E-state index is 6.12. The van der Waals surface area contributed by atoms with Crippen LogP contribution in [0.15, 0.2) is 36.5 Å².